The molecule has 0 aliphatic heterocycles. The van der Waals surface area contributed by atoms with E-state index in [4.69, 9.17) is 21.1 Å². The zero-order valence-electron chi connectivity index (χ0n) is 8.07. The van der Waals surface area contributed by atoms with Crippen molar-refractivity contribution in [3.8, 4) is 11.5 Å². The maximum absolute atomic E-state index is 5.86. The second kappa shape index (κ2) is 4.09. The predicted octanol–water partition coefficient (Wildman–Crippen LogP) is 2.84. The Morgan fingerprint density at radius 1 is 1.29 bits per heavy atom. The van der Waals surface area contributed by atoms with Crippen LogP contribution in [0.3, 0.4) is 0 Å². The fourth-order valence-electron chi connectivity index (χ4n) is 1.46. The van der Waals surface area contributed by atoms with Gasteiger partial charge in [0.05, 0.1) is 7.11 Å². The van der Waals surface area contributed by atoms with Gasteiger partial charge in [0.1, 0.15) is 17.6 Å². The van der Waals surface area contributed by atoms with Gasteiger partial charge in [-0.15, -0.1) is 11.6 Å². The average molecular weight is 213 g/mol. The van der Waals surface area contributed by atoms with E-state index < -0.39 is 0 Å². The maximum Gasteiger partial charge on any atom is 0.123 e. The third-order valence-corrected chi connectivity index (χ3v) is 2.74. The van der Waals surface area contributed by atoms with E-state index in [1.165, 1.54) is 0 Å². The molecule has 1 aromatic rings. The first-order chi connectivity index (χ1) is 6.78. The summed E-state index contributed by atoms with van der Waals surface area (Å²) in [7, 11) is 1.65. The van der Waals surface area contributed by atoms with Crippen LogP contribution in [0.5, 0.6) is 11.5 Å². The molecule has 76 valence electrons. The van der Waals surface area contributed by atoms with Crippen molar-refractivity contribution in [3.63, 3.8) is 0 Å². The molecule has 2 rings (SSSR count). The quantitative estimate of drug-likeness (QED) is 0.718. The lowest BCUT2D eigenvalue weighted by Crippen LogP contribution is -2.34. The van der Waals surface area contributed by atoms with E-state index in [-0.39, 0.29) is 6.10 Å². The van der Waals surface area contributed by atoms with Gasteiger partial charge in [-0.3, -0.25) is 0 Å². The van der Waals surface area contributed by atoms with Gasteiger partial charge in [-0.25, -0.2) is 0 Å². The SMILES string of the molecule is COc1cccc(OC2CC(Cl)C2)c1. The normalized spacial score (nSPS) is 25.3. The summed E-state index contributed by atoms with van der Waals surface area (Å²) in [5.74, 6) is 1.68. The van der Waals surface area contributed by atoms with Crippen molar-refractivity contribution in [1.82, 2.24) is 0 Å². The zero-order chi connectivity index (χ0) is 9.97. The second-order valence-electron chi connectivity index (χ2n) is 3.49. The average Bonchev–Trinajstić information content (AvgIpc) is 2.16. The molecule has 0 atom stereocenters. The van der Waals surface area contributed by atoms with Crippen LogP contribution < -0.4 is 9.47 Å². The molecule has 0 heterocycles. The fraction of sp³-hybridized carbons (Fsp3) is 0.455. The first-order valence-electron chi connectivity index (χ1n) is 4.72. The summed E-state index contributed by atoms with van der Waals surface area (Å²) in [5, 5.41) is 0.297. The van der Waals surface area contributed by atoms with Gasteiger partial charge in [-0.2, -0.15) is 0 Å². The highest BCUT2D eigenvalue weighted by Gasteiger charge is 2.28. The molecule has 2 nitrogen and oxygen atoms in total. The minimum Gasteiger partial charge on any atom is -0.497 e. The van der Waals surface area contributed by atoms with E-state index in [0.29, 0.717) is 5.38 Å². The Morgan fingerprint density at radius 2 is 2.00 bits per heavy atom. The zero-order valence-corrected chi connectivity index (χ0v) is 8.83. The largest absolute Gasteiger partial charge is 0.497 e. The van der Waals surface area contributed by atoms with Crippen LogP contribution >= 0.6 is 11.6 Å². The molecule has 3 heteroatoms. The molecule has 0 aromatic heterocycles. The third kappa shape index (κ3) is 2.13. The molecule has 1 saturated carbocycles. The number of rotatable bonds is 3. The topological polar surface area (TPSA) is 18.5 Å². The van der Waals surface area contributed by atoms with E-state index >= 15 is 0 Å². The Hall–Kier alpha value is -0.890. The van der Waals surface area contributed by atoms with Gasteiger partial charge in [0.15, 0.2) is 0 Å². The van der Waals surface area contributed by atoms with E-state index in [9.17, 15) is 0 Å². The van der Waals surface area contributed by atoms with E-state index in [0.717, 1.165) is 24.3 Å². The highest BCUT2D eigenvalue weighted by Crippen LogP contribution is 2.30. The van der Waals surface area contributed by atoms with Gasteiger partial charge in [0.2, 0.25) is 0 Å². The number of alkyl halides is 1. The van der Waals surface area contributed by atoms with Gasteiger partial charge in [0.25, 0.3) is 0 Å². The Bertz CT molecular complexity index is 308. The lowest BCUT2D eigenvalue weighted by Gasteiger charge is -2.31. The fourth-order valence-corrected chi connectivity index (χ4v) is 1.86. The first kappa shape index (κ1) is 9.66. The van der Waals surface area contributed by atoms with Gasteiger partial charge in [-0.1, -0.05) is 6.07 Å². The van der Waals surface area contributed by atoms with Crippen molar-refractivity contribution in [2.45, 2.75) is 24.3 Å². The van der Waals surface area contributed by atoms with Crippen LogP contribution in [0, 0.1) is 0 Å². The number of halogens is 1. The molecule has 0 unspecified atom stereocenters. The van der Waals surface area contributed by atoms with E-state index in [1.807, 2.05) is 24.3 Å². The highest BCUT2D eigenvalue weighted by atomic mass is 35.5. The molecule has 0 spiro atoms. The van der Waals surface area contributed by atoms with Crippen LogP contribution in [0.2, 0.25) is 0 Å². The summed E-state index contributed by atoms with van der Waals surface area (Å²) in [6.07, 6.45) is 2.17. The molecule has 0 amide bonds. The standard InChI is InChI=1S/C11H13ClO2/c1-13-9-3-2-4-10(7-9)14-11-5-8(12)6-11/h2-4,7-8,11H,5-6H2,1H3. The molecular weight excluding hydrogens is 200 g/mol. The van der Waals surface area contributed by atoms with Crippen LogP contribution in [0.1, 0.15) is 12.8 Å². The molecule has 1 aromatic carbocycles. The van der Waals surface area contributed by atoms with Gasteiger partial charge in [0, 0.05) is 24.3 Å². The highest BCUT2D eigenvalue weighted by molar-refractivity contribution is 6.21. The molecule has 1 aliphatic rings. The summed E-state index contributed by atoms with van der Waals surface area (Å²) in [6, 6.07) is 7.65. The van der Waals surface area contributed by atoms with Crippen molar-refractivity contribution in [3.05, 3.63) is 24.3 Å². The van der Waals surface area contributed by atoms with Crippen LogP contribution in [0.4, 0.5) is 0 Å². The summed E-state index contributed by atoms with van der Waals surface area (Å²) >= 11 is 5.86. The molecule has 0 radical (unpaired) electrons. The minimum absolute atomic E-state index is 0.282. The summed E-state index contributed by atoms with van der Waals surface area (Å²) in [4.78, 5) is 0. The molecule has 0 bridgehead atoms. The number of ether oxygens (including phenoxy) is 2. The molecule has 14 heavy (non-hydrogen) atoms. The van der Waals surface area contributed by atoms with Crippen LogP contribution in [-0.4, -0.2) is 18.6 Å². The van der Waals surface area contributed by atoms with E-state index in [2.05, 4.69) is 0 Å². The molecule has 0 N–H and O–H groups in total. The van der Waals surface area contributed by atoms with Gasteiger partial charge >= 0.3 is 0 Å². The summed E-state index contributed by atoms with van der Waals surface area (Å²) in [5.41, 5.74) is 0. The maximum atomic E-state index is 5.86. The number of hydrogen-bond donors (Lipinski definition) is 0. The molecule has 1 fully saturated rings. The lowest BCUT2D eigenvalue weighted by molar-refractivity contribution is 0.124. The smallest absolute Gasteiger partial charge is 0.123 e. The van der Waals surface area contributed by atoms with Crippen molar-refractivity contribution in [2.75, 3.05) is 7.11 Å². The number of hydrogen-bond acceptors (Lipinski definition) is 2. The molecule has 0 saturated heterocycles. The molecular formula is C11H13ClO2. The lowest BCUT2D eigenvalue weighted by atomic mass is 9.95. The van der Waals surface area contributed by atoms with Crippen molar-refractivity contribution >= 4 is 11.6 Å². The van der Waals surface area contributed by atoms with Crippen molar-refractivity contribution in [1.29, 1.82) is 0 Å². The summed E-state index contributed by atoms with van der Waals surface area (Å²) in [6.45, 7) is 0. The third-order valence-electron chi connectivity index (χ3n) is 2.38. The Morgan fingerprint density at radius 3 is 2.64 bits per heavy atom. The van der Waals surface area contributed by atoms with Crippen LogP contribution in [0.15, 0.2) is 24.3 Å². The first-order valence-corrected chi connectivity index (χ1v) is 5.16. The van der Waals surface area contributed by atoms with Crippen molar-refractivity contribution < 1.29 is 9.47 Å². The second-order valence-corrected chi connectivity index (χ2v) is 4.10. The number of benzene rings is 1. The Balaban J connectivity index is 1.95. The van der Waals surface area contributed by atoms with Gasteiger partial charge in [-0.05, 0) is 12.1 Å². The summed E-state index contributed by atoms with van der Waals surface area (Å²) < 4.78 is 10.8. The van der Waals surface area contributed by atoms with Crippen molar-refractivity contribution in [2.24, 2.45) is 0 Å². The monoisotopic (exact) mass is 212 g/mol. The van der Waals surface area contributed by atoms with Gasteiger partial charge < -0.3 is 9.47 Å². The van der Waals surface area contributed by atoms with Crippen LogP contribution in [0.25, 0.3) is 0 Å². The Labute approximate surface area is 88.8 Å². The predicted molar refractivity (Wildman–Crippen MR) is 56.3 cm³/mol. The van der Waals surface area contributed by atoms with E-state index in [1.54, 1.807) is 7.11 Å². The van der Waals surface area contributed by atoms with Crippen LogP contribution in [-0.2, 0) is 0 Å². The Kier molecular flexibility index (Phi) is 2.82. The molecule has 1 aliphatic carbocycles. The minimum atomic E-state index is 0.282. The number of methoxy groups -OCH3 is 1.